The number of carbonyl (C=O) groups is 2. The Morgan fingerprint density at radius 2 is 1.37 bits per heavy atom. The number of hydrogen-bond donors (Lipinski definition) is 3. The molecule has 0 atom stereocenters. The Kier molecular flexibility index (Phi) is 6.17. The summed E-state index contributed by atoms with van der Waals surface area (Å²) in [5.41, 5.74) is 2.29. The minimum Gasteiger partial charge on any atom is -0.326 e. The molecule has 0 bridgehead atoms. The molecule has 3 aromatic rings. The molecule has 0 saturated heterocycles. The molecular formula is C22H21N3O4S. The largest absolute Gasteiger partial charge is 0.326 e. The van der Waals surface area contributed by atoms with Crippen molar-refractivity contribution in [2.75, 3.05) is 15.4 Å². The van der Waals surface area contributed by atoms with Gasteiger partial charge >= 0.3 is 0 Å². The minimum absolute atomic E-state index is 0.0278. The van der Waals surface area contributed by atoms with Crippen molar-refractivity contribution in [1.29, 1.82) is 0 Å². The number of sulfonamides is 1. The summed E-state index contributed by atoms with van der Waals surface area (Å²) in [6.07, 6.45) is 0. The third kappa shape index (κ3) is 5.24. The lowest BCUT2D eigenvalue weighted by atomic mass is 10.1. The van der Waals surface area contributed by atoms with E-state index in [4.69, 9.17) is 0 Å². The molecule has 0 saturated carbocycles. The van der Waals surface area contributed by atoms with Gasteiger partial charge in [-0.05, 0) is 61.0 Å². The van der Waals surface area contributed by atoms with Gasteiger partial charge in [0.15, 0.2) is 0 Å². The van der Waals surface area contributed by atoms with E-state index < -0.39 is 15.9 Å². The monoisotopic (exact) mass is 423 g/mol. The Labute approximate surface area is 175 Å². The van der Waals surface area contributed by atoms with Crippen molar-refractivity contribution in [2.24, 2.45) is 0 Å². The number of aryl methyl sites for hydroxylation is 1. The molecule has 2 amide bonds. The van der Waals surface area contributed by atoms with E-state index in [-0.39, 0.29) is 16.4 Å². The van der Waals surface area contributed by atoms with E-state index >= 15 is 0 Å². The van der Waals surface area contributed by atoms with E-state index in [1.807, 2.05) is 0 Å². The summed E-state index contributed by atoms with van der Waals surface area (Å²) in [4.78, 5) is 23.7. The SMILES string of the molecule is CC(=O)Nc1ccc(NC(=O)c2ccc(C)c(S(=O)(=O)Nc3ccccc3)c2)cc1. The zero-order chi connectivity index (χ0) is 21.7. The van der Waals surface area contributed by atoms with Crippen LogP contribution in [0, 0.1) is 6.92 Å². The van der Waals surface area contributed by atoms with Crippen molar-refractivity contribution < 1.29 is 18.0 Å². The molecule has 0 unspecified atom stereocenters. The maximum Gasteiger partial charge on any atom is 0.262 e. The highest BCUT2D eigenvalue weighted by molar-refractivity contribution is 7.92. The van der Waals surface area contributed by atoms with Crippen molar-refractivity contribution in [3.05, 3.63) is 83.9 Å². The number of para-hydroxylation sites is 1. The van der Waals surface area contributed by atoms with Gasteiger partial charge in [-0.2, -0.15) is 0 Å². The van der Waals surface area contributed by atoms with Crippen molar-refractivity contribution in [2.45, 2.75) is 18.7 Å². The molecule has 8 heteroatoms. The molecule has 0 heterocycles. The van der Waals surface area contributed by atoms with Crippen molar-refractivity contribution in [1.82, 2.24) is 0 Å². The van der Waals surface area contributed by atoms with Crippen molar-refractivity contribution in [3.8, 4) is 0 Å². The molecule has 3 aromatic carbocycles. The van der Waals surface area contributed by atoms with Gasteiger partial charge in [0, 0.05) is 29.5 Å². The average Bonchev–Trinajstić information content (AvgIpc) is 2.69. The predicted octanol–water partition coefficient (Wildman–Crippen LogP) is 4.01. The number of hydrogen-bond acceptors (Lipinski definition) is 4. The summed E-state index contributed by atoms with van der Waals surface area (Å²) in [6.45, 7) is 3.08. The third-order valence-electron chi connectivity index (χ3n) is 4.23. The summed E-state index contributed by atoms with van der Waals surface area (Å²) >= 11 is 0. The van der Waals surface area contributed by atoms with Crippen LogP contribution in [0.1, 0.15) is 22.8 Å². The number of carbonyl (C=O) groups excluding carboxylic acids is 2. The molecule has 0 radical (unpaired) electrons. The predicted molar refractivity (Wildman–Crippen MR) is 117 cm³/mol. The number of benzene rings is 3. The molecule has 154 valence electrons. The van der Waals surface area contributed by atoms with Gasteiger partial charge in [-0.25, -0.2) is 8.42 Å². The first-order chi connectivity index (χ1) is 14.2. The summed E-state index contributed by atoms with van der Waals surface area (Å²) in [5, 5.41) is 5.36. The zero-order valence-electron chi connectivity index (χ0n) is 16.5. The van der Waals surface area contributed by atoms with E-state index in [1.54, 1.807) is 73.7 Å². The van der Waals surface area contributed by atoms with Crippen molar-refractivity contribution >= 4 is 38.9 Å². The second-order valence-electron chi connectivity index (χ2n) is 6.66. The fraction of sp³-hybridized carbons (Fsp3) is 0.0909. The molecule has 0 aliphatic rings. The Hall–Kier alpha value is -3.65. The highest BCUT2D eigenvalue weighted by Gasteiger charge is 2.19. The Bertz CT molecular complexity index is 1170. The first kappa shape index (κ1) is 21.1. The lowest BCUT2D eigenvalue weighted by Crippen LogP contribution is -2.17. The lowest BCUT2D eigenvalue weighted by Gasteiger charge is -2.12. The summed E-state index contributed by atoms with van der Waals surface area (Å²) < 4.78 is 28.1. The van der Waals surface area contributed by atoms with Gasteiger partial charge in [-0.15, -0.1) is 0 Å². The van der Waals surface area contributed by atoms with Crippen LogP contribution in [0.25, 0.3) is 0 Å². The number of rotatable bonds is 6. The van der Waals surface area contributed by atoms with Gasteiger partial charge < -0.3 is 10.6 Å². The summed E-state index contributed by atoms with van der Waals surface area (Å²) in [5.74, 6) is -0.636. The number of amides is 2. The van der Waals surface area contributed by atoms with Crippen LogP contribution in [-0.4, -0.2) is 20.2 Å². The van der Waals surface area contributed by atoms with Gasteiger partial charge in [0.25, 0.3) is 15.9 Å². The van der Waals surface area contributed by atoms with Crippen LogP contribution in [0.15, 0.2) is 77.7 Å². The van der Waals surface area contributed by atoms with E-state index in [0.717, 1.165) is 0 Å². The normalized spacial score (nSPS) is 10.9. The molecule has 0 aromatic heterocycles. The second kappa shape index (κ2) is 8.79. The van der Waals surface area contributed by atoms with Gasteiger partial charge in [-0.3, -0.25) is 14.3 Å². The van der Waals surface area contributed by atoms with Crippen molar-refractivity contribution in [3.63, 3.8) is 0 Å². The van der Waals surface area contributed by atoms with Gasteiger partial charge in [0.05, 0.1) is 4.90 Å². The van der Waals surface area contributed by atoms with Gasteiger partial charge in [0.2, 0.25) is 5.91 Å². The molecule has 0 aliphatic carbocycles. The molecular weight excluding hydrogens is 402 g/mol. The van der Waals surface area contributed by atoms with Crippen LogP contribution < -0.4 is 15.4 Å². The third-order valence-corrected chi connectivity index (χ3v) is 5.75. The van der Waals surface area contributed by atoms with E-state index in [1.165, 1.54) is 13.0 Å². The second-order valence-corrected chi connectivity index (χ2v) is 8.32. The maximum absolute atomic E-state index is 12.8. The average molecular weight is 423 g/mol. The van der Waals surface area contributed by atoms with Crippen LogP contribution in [0.4, 0.5) is 17.1 Å². The van der Waals surface area contributed by atoms with Crippen LogP contribution in [0.2, 0.25) is 0 Å². The van der Waals surface area contributed by atoms with Crippen LogP contribution in [-0.2, 0) is 14.8 Å². The molecule has 30 heavy (non-hydrogen) atoms. The number of nitrogens with one attached hydrogen (secondary N) is 3. The van der Waals surface area contributed by atoms with E-state index in [2.05, 4.69) is 15.4 Å². The Morgan fingerprint density at radius 1 is 0.767 bits per heavy atom. The molecule has 3 N–H and O–H groups in total. The fourth-order valence-corrected chi connectivity index (χ4v) is 4.12. The van der Waals surface area contributed by atoms with Gasteiger partial charge in [0.1, 0.15) is 0 Å². The maximum atomic E-state index is 12.8. The molecule has 0 fully saturated rings. The molecule has 7 nitrogen and oxygen atoms in total. The van der Waals surface area contributed by atoms with E-state index in [9.17, 15) is 18.0 Å². The van der Waals surface area contributed by atoms with Gasteiger partial charge in [-0.1, -0.05) is 24.3 Å². The topological polar surface area (TPSA) is 104 Å². The zero-order valence-corrected chi connectivity index (χ0v) is 17.3. The Morgan fingerprint density at radius 3 is 1.97 bits per heavy atom. The highest BCUT2D eigenvalue weighted by atomic mass is 32.2. The van der Waals surface area contributed by atoms with Crippen LogP contribution in [0.3, 0.4) is 0 Å². The Balaban J connectivity index is 1.80. The number of anilines is 3. The quantitative estimate of drug-likeness (QED) is 0.557. The molecule has 3 rings (SSSR count). The first-order valence-corrected chi connectivity index (χ1v) is 10.6. The van der Waals surface area contributed by atoms with E-state index in [0.29, 0.717) is 22.6 Å². The molecule has 0 spiro atoms. The summed E-state index contributed by atoms with van der Waals surface area (Å²) in [6, 6.07) is 19.7. The fourth-order valence-electron chi connectivity index (χ4n) is 2.79. The highest BCUT2D eigenvalue weighted by Crippen LogP contribution is 2.22. The minimum atomic E-state index is -3.86. The van der Waals surface area contributed by atoms with Crippen LogP contribution >= 0.6 is 0 Å². The first-order valence-electron chi connectivity index (χ1n) is 9.12. The smallest absolute Gasteiger partial charge is 0.262 e. The van der Waals surface area contributed by atoms with Crippen LogP contribution in [0.5, 0.6) is 0 Å². The standard InChI is InChI=1S/C22H21N3O4S/c1-15-8-9-17(14-21(15)30(28,29)25-20-6-4-3-5-7-20)22(27)24-19-12-10-18(11-13-19)23-16(2)26/h3-14,25H,1-2H3,(H,23,26)(H,24,27). The summed E-state index contributed by atoms with van der Waals surface area (Å²) in [7, 11) is -3.86. The molecule has 0 aliphatic heterocycles. The lowest BCUT2D eigenvalue weighted by molar-refractivity contribution is -0.114.